The van der Waals surface area contributed by atoms with Crippen molar-refractivity contribution in [2.75, 3.05) is 13.2 Å². The number of aryl methyl sites for hydroxylation is 1. The Bertz CT molecular complexity index is 283. The molecular formula is C11H19N3O. The second-order valence-electron chi connectivity index (χ2n) is 3.27. The van der Waals surface area contributed by atoms with Crippen molar-refractivity contribution in [3.8, 4) is 0 Å². The van der Waals surface area contributed by atoms with Crippen molar-refractivity contribution < 1.29 is 4.74 Å². The van der Waals surface area contributed by atoms with Gasteiger partial charge in [0.25, 0.3) is 0 Å². The van der Waals surface area contributed by atoms with E-state index >= 15 is 0 Å². The fourth-order valence-electron chi connectivity index (χ4n) is 1.27. The average Bonchev–Trinajstić information content (AvgIpc) is 2.71. The minimum Gasteiger partial charge on any atom is -0.502 e. The van der Waals surface area contributed by atoms with Crippen molar-refractivity contribution in [1.82, 2.24) is 15.1 Å². The molecule has 84 valence electrons. The molecule has 0 amide bonds. The molecule has 0 radical (unpaired) electrons. The Morgan fingerprint density at radius 3 is 3.20 bits per heavy atom. The summed E-state index contributed by atoms with van der Waals surface area (Å²) in [5.41, 5.74) is 1.22. The fraction of sp³-hybridized carbons (Fsp3) is 0.545. The summed E-state index contributed by atoms with van der Waals surface area (Å²) in [5, 5.41) is 7.53. The molecule has 4 heteroatoms. The summed E-state index contributed by atoms with van der Waals surface area (Å²) in [5.74, 6) is 0. The van der Waals surface area contributed by atoms with Crippen LogP contribution >= 0.6 is 0 Å². The molecule has 0 aliphatic rings. The van der Waals surface area contributed by atoms with Gasteiger partial charge >= 0.3 is 0 Å². The van der Waals surface area contributed by atoms with E-state index in [0.29, 0.717) is 0 Å². The van der Waals surface area contributed by atoms with Crippen LogP contribution in [0.2, 0.25) is 0 Å². The Morgan fingerprint density at radius 1 is 1.67 bits per heavy atom. The van der Waals surface area contributed by atoms with Gasteiger partial charge in [-0.05, 0) is 19.9 Å². The Morgan fingerprint density at radius 2 is 2.53 bits per heavy atom. The maximum absolute atomic E-state index is 5.01. The maximum Gasteiger partial charge on any atom is 0.0885 e. The minimum atomic E-state index is 0.727. The molecule has 1 heterocycles. The molecule has 0 spiro atoms. The van der Waals surface area contributed by atoms with Crippen LogP contribution in [0.1, 0.15) is 18.9 Å². The molecule has 0 aliphatic heterocycles. The lowest BCUT2D eigenvalue weighted by atomic mass is 10.3. The number of ether oxygens (including phenoxy) is 1. The maximum atomic E-state index is 5.01. The lowest BCUT2D eigenvalue weighted by Gasteiger charge is -2.02. The molecule has 0 aliphatic carbocycles. The summed E-state index contributed by atoms with van der Waals surface area (Å²) < 4.78 is 6.94. The lowest BCUT2D eigenvalue weighted by Crippen LogP contribution is -2.15. The highest BCUT2D eigenvalue weighted by molar-refractivity contribution is 5.02. The van der Waals surface area contributed by atoms with E-state index in [1.807, 2.05) is 10.9 Å². The number of rotatable bonds is 8. The summed E-state index contributed by atoms with van der Waals surface area (Å²) in [6, 6.07) is 0. The predicted molar refractivity (Wildman–Crippen MR) is 60.4 cm³/mol. The first-order valence-electron chi connectivity index (χ1n) is 5.31. The van der Waals surface area contributed by atoms with Gasteiger partial charge in [0.2, 0.25) is 0 Å². The summed E-state index contributed by atoms with van der Waals surface area (Å²) in [4.78, 5) is 0. The third kappa shape index (κ3) is 4.65. The summed E-state index contributed by atoms with van der Waals surface area (Å²) >= 11 is 0. The smallest absolute Gasteiger partial charge is 0.0885 e. The van der Waals surface area contributed by atoms with Crippen LogP contribution < -0.4 is 5.32 Å². The van der Waals surface area contributed by atoms with Gasteiger partial charge in [0.05, 0.1) is 19.1 Å². The fourth-order valence-corrected chi connectivity index (χ4v) is 1.27. The van der Waals surface area contributed by atoms with E-state index in [1.54, 1.807) is 0 Å². The van der Waals surface area contributed by atoms with Gasteiger partial charge in [-0.25, -0.2) is 0 Å². The quantitative estimate of drug-likeness (QED) is 0.521. The number of hydrogen-bond acceptors (Lipinski definition) is 3. The van der Waals surface area contributed by atoms with Gasteiger partial charge in [0.15, 0.2) is 0 Å². The predicted octanol–water partition coefficient (Wildman–Crippen LogP) is 1.54. The van der Waals surface area contributed by atoms with E-state index in [4.69, 9.17) is 4.74 Å². The minimum absolute atomic E-state index is 0.727. The van der Waals surface area contributed by atoms with Gasteiger partial charge in [0, 0.05) is 24.8 Å². The highest BCUT2D eigenvalue weighted by atomic mass is 16.5. The van der Waals surface area contributed by atoms with Gasteiger partial charge in [-0.2, -0.15) is 5.10 Å². The summed E-state index contributed by atoms with van der Waals surface area (Å²) in [7, 11) is 0. The van der Waals surface area contributed by atoms with E-state index in [2.05, 4.69) is 30.1 Å². The van der Waals surface area contributed by atoms with E-state index in [9.17, 15) is 0 Å². The molecule has 4 nitrogen and oxygen atoms in total. The van der Waals surface area contributed by atoms with Gasteiger partial charge in [-0.3, -0.25) is 4.68 Å². The molecule has 0 unspecified atom stereocenters. The van der Waals surface area contributed by atoms with Gasteiger partial charge < -0.3 is 10.1 Å². The second-order valence-corrected chi connectivity index (χ2v) is 3.27. The van der Waals surface area contributed by atoms with Crippen LogP contribution in [0, 0.1) is 0 Å². The normalized spacial score (nSPS) is 10.2. The Labute approximate surface area is 90.9 Å². The highest BCUT2D eigenvalue weighted by Crippen LogP contribution is 1.96. The first-order valence-corrected chi connectivity index (χ1v) is 5.31. The lowest BCUT2D eigenvalue weighted by molar-refractivity contribution is 0.244. The molecule has 0 atom stereocenters. The average molecular weight is 209 g/mol. The standard InChI is InChI=1S/C11H19N3O/c1-3-14-10-11(9-13-14)8-12-6-5-7-15-4-2/h4,9-10,12H,2-3,5-8H2,1H3. The van der Waals surface area contributed by atoms with Crippen molar-refractivity contribution >= 4 is 0 Å². The molecule has 15 heavy (non-hydrogen) atoms. The topological polar surface area (TPSA) is 39.1 Å². The summed E-state index contributed by atoms with van der Waals surface area (Å²) in [6.45, 7) is 9.03. The van der Waals surface area contributed by atoms with Crippen LogP contribution in [-0.4, -0.2) is 22.9 Å². The first-order chi connectivity index (χ1) is 7.36. The Balaban J connectivity index is 2.06. The van der Waals surface area contributed by atoms with Crippen LogP contribution in [0.5, 0.6) is 0 Å². The van der Waals surface area contributed by atoms with E-state index in [-0.39, 0.29) is 0 Å². The second kappa shape index (κ2) is 7.06. The van der Waals surface area contributed by atoms with Crippen LogP contribution in [0.15, 0.2) is 25.2 Å². The van der Waals surface area contributed by atoms with Gasteiger partial charge in [-0.1, -0.05) is 6.58 Å². The third-order valence-corrected chi connectivity index (χ3v) is 2.07. The molecule has 1 N–H and O–H groups in total. The largest absolute Gasteiger partial charge is 0.502 e. The number of nitrogens with one attached hydrogen (secondary N) is 1. The zero-order valence-corrected chi connectivity index (χ0v) is 9.28. The number of hydrogen-bond donors (Lipinski definition) is 1. The van der Waals surface area contributed by atoms with Crippen molar-refractivity contribution in [1.29, 1.82) is 0 Å². The first kappa shape index (κ1) is 11.8. The van der Waals surface area contributed by atoms with Crippen LogP contribution in [-0.2, 0) is 17.8 Å². The summed E-state index contributed by atoms with van der Waals surface area (Å²) in [6.07, 6.45) is 6.43. The Hall–Kier alpha value is -1.29. The molecule has 1 aromatic rings. The van der Waals surface area contributed by atoms with Crippen molar-refractivity contribution in [2.24, 2.45) is 0 Å². The zero-order valence-electron chi connectivity index (χ0n) is 9.28. The molecule has 0 saturated carbocycles. The molecule has 0 fully saturated rings. The van der Waals surface area contributed by atoms with Crippen molar-refractivity contribution in [2.45, 2.75) is 26.4 Å². The van der Waals surface area contributed by atoms with Crippen LogP contribution in [0.4, 0.5) is 0 Å². The van der Waals surface area contributed by atoms with E-state index in [0.717, 1.165) is 32.7 Å². The number of aromatic nitrogens is 2. The third-order valence-electron chi connectivity index (χ3n) is 2.07. The van der Waals surface area contributed by atoms with Crippen molar-refractivity contribution in [3.05, 3.63) is 30.8 Å². The zero-order chi connectivity index (χ0) is 10.9. The molecule has 0 saturated heterocycles. The highest BCUT2D eigenvalue weighted by Gasteiger charge is 1.96. The molecular weight excluding hydrogens is 190 g/mol. The van der Waals surface area contributed by atoms with Gasteiger partial charge in [0.1, 0.15) is 0 Å². The monoisotopic (exact) mass is 209 g/mol. The molecule has 0 aromatic carbocycles. The number of nitrogens with zero attached hydrogens (tertiary/aromatic N) is 2. The van der Waals surface area contributed by atoms with E-state index in [1.165, 1.54) is 11.8 Å². The van der Waals surface area contributed by atoms with Gasteiger partial charge in [-0.15, -0.1) is 0 Å². The van der Waals surface area contributed by atoms with Crippen molar-refractivity contribution in [3.63, 3.8) is 0 Å². The van der Waals surface area contributed by atoms with Crippen LogP contribution in [0.25, 0.3) is 0 Å². The Kier molecular flexibility index (Phi) is 5.55. The van der Waals surface area contributed by atoms with Crippen LogP contribution in [0.3, 0.4) is 0 Å². The van der Waals surface area contributed by atoms with E-state index < -0.39 is 0 Å². The SMILES string of the molecule is C=COCCCNCc1cnn(CC)c1. The molecule has 0 bridgehead atoms. The molecule has 1 rings (SSSR count). The molecule has 1 aromatic heterocycles.